The molecule has 5 heteroatoms. The highest BCUT2D eigenvalue weighted by Gasteiger charge is 2.41. The van der Waals surface area contributed by atoms with Crippen LogP contribution < -0.4 is 10.1 Å². The van der Waals surface area contributed by atoms with E-state index in [1.165, 1.54) is 5.56 Å². The van der Waals surface area contributed by atoms with E-state index in [0.717, 1.165) is 23.4 Å². The van der Waals surface area contributed by atoms with Gasteiger partial charge in [-0.15, -0.1) is 0 Å². The quantitative estimate of drug-likeness (QED) is 0.494. The van der Waals surface area contributed by atoms with Gasteiger partial charge in [0.25, 0.3) is 5.69 Å². The Hall–Kier alpha value is -2.82. The lowest BCUT2D eigenvalue weighted by molar-refractivity contribution is -0.385. The summed E-state index contributed by atoms with van der Waals surface area (Å²) in [7, 11) is 0. The molecule has 25 heavy (non-hydrogen) atoms. The minimum atomic E-state index is -0.293. The summed E-state index contributed by atoms with van der Waals surface area (Å²) in [5.74, 6) is 1.33. The number of anilines is 1. The molecule has 1 aliphatic heterocycles. The predicted molar refractivity (Wildman–Crippen MR) is 97.1 cm³/mol. The van der Waals surface area contributed by atoms with Crippen molar-refractivity contribution in [1.29, 1.82) is 0 Å². The second kappa shape index (κ2) is 6.24. The van der Waals surface area contributed by atoms with Crippen molar-refractivity contribution in [2.24, 2.45) is 5.92 Å². The van der Waals surface area contributed by atoms with Crippen LogP contribution >= 0.6 is 0 Å². The summed E-state index contributed by atoms with van der Waals surface area (Å²) in [6, 6.07) is 13.0. The molecule has 0 bridgehead atoms. The first-order valence-corrected chi connectivity index (χ1v) is 8.63. The van der Waals surface area contributed by atoms with Gasteiger partial charge in [-0.2, -0.15) is 0 Å². The van der Waals surface area contributed by atoms with Gasteiger partial charge in [0.15, 0.2) is 0 Å². The largest absolute Gasteiger partial charge is 0.492 e. The van der Waals surface area contributed by atoms with Crippen LogP contribution in [0.5, 0.6) is 5.75 Å². The van der Waals surface area contributed by atoms with Crippen molar-refractivity contribution < 1.29 is 9.66 Å². The molecule has 3 atom stereocenters. The lowest BCUT2D eigenvalue weighted by Crippen LogP contribution is -2.30. The number of rotatable bonds is 4. The predicted octanol–water partition coefficient (Wildman–Crippen LogP) is 4.82. The molecule has 1 N–H and O–H groups in total. The zero-order valence-corrected chi connectivity index (χ0v) is 14.0. The average molecular weight is 336 g/mol. The van der Waals surface area contributed by atoms with Crippen molar-refractivity contribution in [1.82, 2.24) is 0 Å². The van der Waals surface area contributed by atoms with Crippen LogP contribution in [0, 0.1) is 16.0 Å². The fourth-order valence-corrected chi connectivity index (χ4v) is 4.09. The Bertz CT molecular complexity index is 847. The molecule has 1 aliphatic carbocycles. The van der Waals surface area contributed by atoms with E-state index < -0.39 is 0 Å². The maximum atomic E-state index is 11.5. The Balaban J connectivity index is 1.83. The lowest BCUT2D eigenvalue weighted by Gasteiger charge is -2.37. The highest BCUT2D eigenvalue weighted by Crippen LogP contribution is 2.53. The smallest absolute Gasteiger partial charge is 0.274 e. The normalized spacial score (nSPS) is 23.5. The third-order valence-electron chi connectivity index (χ3n) is 5.13. The number of hydrogen-bond acceptors (Lipinski definition) is 4. The van der Waals surface area contributed by atoms with Crippen molar-refractivity contribution in [3.8, 4) is 5.75 Å². The summed E-state index contributed by atoms with van der Waals surface area (Å²) in [6.45, 7) is 2.54. The van der Waals surface area contributed by atoms with Gasteiger partial charge in [0.05, 0.1) is 28.8 Å². The van der Waals surface area contributed by atoms with Crippen LogP contribution in [-0.2, 0) is 0 Å². The van der Waals surface area contributed by atoms with E-state index in [1.54, 1.807) is 12.1 Å². The molecule has 2 aromatic carbocycles. The molecule has 4 rings (SSSR count). The Kier molecular flexibility index (Phi) is 3.92. The number of allylic oxidation sites excluding steroid dienone is 2. The van der Waals surface area contributed by atoms with Gasteiger partial charge in [-0.05, 0) is 30.9 Å². The molecule has 1 heterocycles. The molecule has 2 aromatic rings. The molecule has 0 saturated carbocycles. The van der Waals surface area contributed by atoms with E-state index in [1.807, 2.05) is 31.2 Å². The van der Waals surface area contributed by atoms with E-state index >= 15 is 0 Å². The number of para-hydroxylation sites is 2. The second-order valence-corrected chi connectivity index (χ2v) is 6.44. The average Bonchev–Trinajstić information content (AvgIpc) is 3.11. The highest BCUT2D eigenvalue weighted by atomic mass is 16.6. The first kappa shape index (κ1) is 15.7. The number of hydrogen-bond donors (Lipinski definition) is 1. The minimum absolute atomic E-state index is 0.115. The van der Waals surface area contributed by atoms with Crippen LogP contribution in [0.15, 0.2) is 54.6 Å². The van der Waals surface area contributed by atoms with Gasteiger partial charge in [-0.1, -0.05) is 42.5 Å². The first-order chi connectivity index (χ1) is 12.2. The molecule has 0 saturated heterocycles. The summed E-state index contributed by atoms with van der Waals surface area (Å²) in [6.07, 6.45) is 5.32. The Morgan fingerprint density at radius 3 is 2.80 bits per heavy atom. The molecule has 0 spiro atoms. The summed E-state index contributed by atoms with van der Waals surface area (Å²) in [5, 5.41) is 15.1. The number of nitrogens with one attached hydrogen (secondary N) is 1. The van der Waals surface area contributed by atoms with Gasteiger partial charge in [0, 0.05) is 12.0 Å². The van der Waals surface area contributed by atoms with Crippen LogP contribution in [0.1, 0.15) is 36.4 Å². The number of ether oxygens (including phenoxy) is 1. The molecule has 0 unspecified atom stereocenters. The number of nitro groups is 1. The van der Waals surface area contributed by atoms with Crippen LogP contribution in [0.2, 0.25) is 0 Å². The summed E-state index contributed by atoms with van der Waals surface area (Å²) in [4.78, 5) is 11.2. The van der Waals surface area contributed by atoms with Crippen molar-refractivity contribution >= 4 is 11.4 Å². The molecular formula is C20H20N2O3. The molecule has 0 aromatic heterocycles. The fraction of sp³-hybridized carbons (Fsp3) is 0.300. The maximum absolute atomic E-state index is 11.5. The topological polar surface area (TPSA) is 64.4 Å². The van der Waals surface area contributed by atoms with E-state index in [9.17, 15) is 10.1 Å². The third-order valence-corrected chi connectivity index (χ3v) is 5.13. The van der Waals surface area contributed by atoms with E-state index in [0.29, 0.717) is 6.61 Å². The van der Waals surface area contributed by atoms with Crippen LogP contribution in [0.25, 0.3) is 0 Å². The van der Waals surface area contributed by atoms with Gasteiger partial charge < -0.3 is 10.1 Å². The summed E-state index contributed by atoms with van der Waals surface area (Å²) in [5.41, 5.74) is 3.07. The number of nitrogens with zero attached hydrogens (tertiary/aromatic N) is 1. The van der Waals surface area contributed by atoms with Crippen LogP contribution in [-0.4, -0.2) is 11.5 Å². The SMILES string of the molecule is CCOc1cccc2c1N[C@H](c1ccccc1[N+](=O)[O-])[C@@H]1CC=C[C@H]21. The molecule has 0 amide bonds. The maximum Gasteiger partial charge on any atom is 0.274 e. The van der Waals surface area contributed by atoms with Gasteiger partial charge in [-0.3, -0.25) is 10.1 Å². The van der Waals surface area contributed by atoms with E-state index in [4.69, 9.17) is 4.74 Å². The van der Waals surface area contributed by atoms with E-state index in [-0.39, 0.29) is 28.5 Å². The van der Waals surface area contributed by atoms with Crippen molar-refractivity contribution in [3.05, 3.63) is 75.9 Å². The Labute approximate surface area is 146 Å². The molecule has 0 fully saturated rings. The van der Waals surface area contributed by atoms with Gasteiger partial charge in [0.1, 0.15) is 5.75 Å². The van der Waals surface area contributed by atoms with Crippen molar-refractivity contribution in [2.45, 2.75) is 25.3 Å². The molecule has 5 nitrogen and oxygen atoms in total. The zero-order chi connectivity index (χ0) is 17.4. The zero-order valence-electron chi connectivity index (χ0n) is 14.0. The second-order valence-electron chi connectivity index (χ2n) is 6.44. The Morgan fingerprint density at radius 2 is 2.00 bits per heavy atom. The molecule has 128 valence electrons. The van der Waals surface area contributed by atoms with Gasteiger partial charge in [-0.25, -0.2) is 0 Å². The molecule has 2 aliphatic rings. The van der Waals surface area contributed by atoms with Gasteiger partial charge >= 0.3 is 0 Å². The van der Waals surface area contributed by atoms with Crippen molar-refractivity contribution in [3.63, 3.8) is 0 Å². The standard InChI is InChI=1S/C20H20N2O3/c1-2-25-18-12-6-10-15-13-8-5-9-14(13)19(21-20(15)18)16-7-3-4-11-17(16)22(23)24/h3-8,10-14,19,21H,2,9H2,1H3/t13-,14+,19-/m0/s1. The Morgan fingerprint density at radius 1 is 1.20 bits per heavy atom. The minimum Gasteiger partial charge on any atom is -0.492 e. The van der Waals surface area contributed by atoms with E-state index in [2.05, 4.69) is 23.5 Å². The number of nitro benzene ring substituents is 1. The summed E-state index contributed by atoms with van der Waals surface area (Å²) >= 11 is 0. The number of benzene rings is 2. The van der Waals surface area contributed by atoms with Crippen molar-refractivity contribution in [2.75, 3.05) is 11.9 Å². The van der Waals surface area contributed by atoms with Gasteiger partial charge in [0.2, 0.25) is 0 Å². The summed E-state index contributed by atoms with van der Waals surface area (Å²) < 4.78 is 5.79. The number of fused-ring (bicyclic) bond motifs is 3. The third kappa shape index (κ3) is 2.56. The lowest BCUT2D eigenvalue weighted by atomic mass is 9.76. The van der Waals surface area contributed by atoms with Crippen LogP contribution in [0.4, 0.5) is 11.4 Å². The molecule has 0 radical (unpaired) electrons. The monoisotopic (exact) mass is 336 g/mol. The first-order valence-electron chi connectivity index (χ1n) is 8.63. The molecular weight excluding hydrogens is 316 g/mol. The fourth-order valence-electron chi connectivity index (χ4n) is 4.09. The highest BCUT2D eigenvalue weighted by molar-refractivity contribution is 5.68. The van der Waals surface area contributed by atoms with Crippen LogP contribution in [0.3, 0.4) is 0 Å².